The van der Waals surface area contributed by atoms with Crippen LogP contribution in [0.15, 0.2) is 52.5 Å². The van der Waals surface area contributed by atoms with E-state index in [0.717, 1.165) is 4.90 Å². The third-order valence-electron chi connectivity index (χ3n) is 2.99. The molecule has 124 valence electrons. The molecule has 0 saturated carbocycles. The number of rotatable bonds is 5. The van der Waals surface area contributed by atoms with Crippen LogP contribution in [0.5, 0.6) is 0 Å². The van der Waals surface area contributed by atoms with Gasteiger partial charge in [-0.25, -0.2) is 4.79 Å². The highest BCUT2D eigenvalue weighted by Crippen LogP contribution is 2.23. The predicted octanol–water partition coefficient (Wildman–Crippen LogP) is 3.45. The summed E-state index contributed by atoms with van der Waals surface area (Å²) in [5.41, 5.74) is 6.18. The number of hydrogen-bond acceptors (Lipinski definition) is 6. The van der Waals surface area contributed by atoms with Crippen molar-refractivity contribution in [2.75, 3.05) is 6.26 Å². The first-order valence-corrected chi connectivity index (χ1v) is 8.16. The van der Waals surface area contributed by atoms with Gasteiger partial charge in [-0.1, -0.05) is 16.8 Å². The maximum atomic E-state index is 12.0. The maximum Gasteiger partial charge on any atom is 0.367 e. The van der Waals surface area contributed by atoms with E-state index in [-0.39, 0.29) is 22.1 Å². The van der Waals surface area contributed by atoms with Gasteiger partial charge in [-0.15, -0.1) is 11.8 Å². The largest absolute Gasteiger partial charge is 0.380 e. The summed E-state index contributed by atoms with van der Waals surface area (Å²) >= 11 is 7.43. The number of carbonyl (C=O) groups excluding carboxylic acids is 1. The van der Waals surface area contributed by atoms with E-state index in [2.05, 4.69) is 5.16 Å². The first-order chi connectivity index (χ1) is 11.4. The van der Waals surface area contributed by atoms with E-state index in [1.807, 2.05) is 6.26 Å². The van der Waals surface area contributed by atoms with Crippen molar-refractivity contribution in [2.45, 2.75) is 4.90 Å². The summed E-state index contributed by atoms with van der Waals surface area (Å²) in [5, 5.41) is 14.4. The van der Waals surface area contributed by atoms with Crippen LogP contribution in [-0.4, -0.2) is 23.0 Å². The second-order valence-corrected chi connectivity index (χ2v) is 5.79. The predicted molar refractivity (Wildman–Crippen MR) is 92.5 cm³/mol. The number of non-ortho nitro benzene ring substituents is 1. The molecule has 0 heterocycles. The van der Waals surface area contributed by atoms with E-state index >= 15 is 0 Å². The van der Waals surface area contributed by atoms with Gasteiger partial charge < -0.3 is 10.6 Å². The molecule has 2 aromatic carbocycles. The molecule has 0 radical (unpaired) electrons. The van der Waals surface area contributed by atoms with Gasteiger partial charge in [0.05, 0.1) is 15.5 Å². The lowest BCUT2D eigenvalue weighted by Gasteiger charge is -2.04. The monoisotopic (exact) mass is 365 g/mol. The van der Waals surface area contributed by atoms with Crippen molar-refractivity contribution >= 4 is 40.9 Å². The van der Waals surface area contributed by atoms with Gasteiger partial charge in [-0.05, 0) is 36.6 Å². The highest BCUT2D eigenvalue weighted by Gasteiger charge is 2.14. The molecule has 0 aliphatic carbocycles. The summed E-state index contributed by atoms with van der Waals surface area (Å²) in [6, 6.07) is 10.3. The SMILES string of the molecule is CSc1ccc(Cl)c(C(=O)O/N=C(\N)c2ccc([N+](=O)[O-])cc2)c1. The summed E-state index contributed by atoms with van der Waals surface area (Å²) in [6.07, 6.45) is 1.86. The van der Waals surface area contributed by atoms with Gasteiger partial charge in [-0.3, -0.25) is 10.1 Å². The van der Waals surface area contributed by atoms with Crippen LogP contribution in [0.1, 0.15) is 15.9 Å². The molecule has 0 unspecified atom stereocenters. The quantitative estimate of drug-likeness (QED) is 0.217. The Morgan fingerprint density at radius 3 is 2.54 bits per heavy atom. The standard InChI is InChI=1S/C15H12ClN3O4S/c1-24-11-6-7-13(16)12(8-11)15(20)23-18-14(17)9-2-4-10(5-3-9)19(21)22/h2-8H,1H3,(H2,17,18). The Morgan fingerprint density at radius 2 is 1.96 bits per heavy atom. The number of oxime groups is 1. The van der Waals surface area contributed by atoms with Crippen LogP contribution in [0.4, 0.5) is 5.69 Å². The molecule has 7 nitrogen and oxygen atoms in total. The minimum Gasteiger partial charge on any atom is -0.380 e. The molecule has 0 spiro atoms. The Hall–Kier alpha value is -2.58. The Bertz CT molecular complexity index is 809. The molecule has 0 aromatic heterocycles. The second-order valence-electron chi connectivity index (χ2n) is 4.51. The fraction of sp³-hybridized carbons (Fsp3) is 0.0667. The molecule has 0 fully saturated rings. The maximum absolute atomic E-state index is 12.0. The van der Waals surface area contributed by atoms with Crippen LogP contribution in [0, 0.1) is 10.1 Å². The van der Waals surface area contributed by atoms with Crippen LogP contribution < -0.4 is 5.73 Å². The molecule has 0 atom stereocenters. The van der Waals surface area contributed by atoms with Crippen molar-refractivity contribution in [2.24, 2.45) is 10.9 Å². The average Bonchev–Trinajstić information content (AvgIpc) is 2.59. The van der Waals surface area contributed by atoms with Gasteiger partial charge in [-0.2, -0.15) is 0 Å². The van der Waals surface area contributed by atoms with Crippen molar-refractivity contribution in [3.05, 3.63) is 68.7 Å². The number of thioether (sulfide) groups is 1. The van der Waals surface area contributed by atoms with Crippen LogP contribution >= 0.6 is 23.4 Å². The Labute approximate surface area is 146 Å². The molecular formula is C15H12ClN3O4S. The first-order valence-electron chi connectivity index (χ1n) is 6.55. The number of halogens is 1. The molecule has 0 aliphatic rings. The third kappa shape index (κ3) is 4.24. The number of benzene rings is 2. The zero-order valence-corrected chi connectivity index (χ0v) is 14.0. The number of hydrogen-bond donors (Lipinski definition) is 1. The van der Waals surface area contributed by atoms with Crippen LogP contribution in [0.25, 0.3) is 0 Å². The molecule has 24 heavy (non-hydrogen) atoms. The third-order valence-corrected chi connectivity index (χ3v) is 4.05. The van der Waals surface area contributed by atoms with Crippen molar-refractivity contribution in [1.82, 2.24) is 0 Å². The topological polar surface area (TPSA) is 108 Å². The lowest BCUT2D eigenvalue weighted by molar-refractivity contribution is -0.384. The van der Waals surface area contributed by atoms with Crippen molar-refractivity contribution < 1.29 is 14.6 Å². The zero-order chi connectivity index (χ0) is 17.7. The van der Waals surface area contributed by atoms with Crippen molar-refractivity contribution in [1.29, 1.82) is 0 Å². The molecule has 2 aromatic rings. The van der Waals surface area contributed by atoms with Gasteiger partial charge in [0.1, 0.15) is 0 Å². The fourth-order valence-electron chi connectivity index (χ4n) is 1.73. The summed E-state index contributed by atoms with van der Waals surface area (Å²) in [6.45, 7) is 0. The molecule has 0 bridgehead atoms. The van der Waals surface area contributed by atoms with Crippen molar-refractivity contribution in [3.8, 4) is 0 Å². The minimum atomic E-state index is -0.749. The zero-order valence-electron chi connectivity index (χ0n) is 12.4. The van der Waals surface area contributed by atoms with E-state index in [0.29, 0.717) is 5.56 Å². The van der Waals surface area contributed by atoms with E-state index in [1.54, 1.807) is 18.2 Å². The number of nitrogens with two attached hydrogens (primary N) is 1. The van der Waals surface area contributed by atoms with Gasteiger partial charge in [0.2, 0.25) is 0 Å². The summed E-state index contributed by atoms with van der Waals surface area (Å²) in [4.78, 5) is 27.8. The normalized spacial score (nSPS) is 11.2. The summed E-state index contributed by atoms with van der Waals surface area (Å²) < 4.78 is 0. The Kier molecular flexibility index (Phi) is 5.78. The molecule has 2 N–H and O–H groups in total. The molecule has 0 saturated heterocycles. The Balaban J connectivity index is 2.14. The molecule has 0 aliphatic heterocycles. The van der Waals surface area contributed by atoms with Crippen LogP contribution in [0.2, 0.25) is 5.02 Å². The van der Waals surface area contributed by atoms with E-state index < -0.39 is 10.9 Å². The van der Waals surface area contributed by atoms with Gasteiger partial charge in [0, 0.05) is 22.6 Å². The summed E-state index contributed by atoms with van der Waals surface area (Å²) in [5.74, 6) is -0.837. The number of nitro benzene ring substituents is 1. The molecule has 2 rings (SSSR count). The van der Waals surface area contributed by atoms with Crippen LogP contribution in [0.3, 0.4) is 0 Å². The number of nitro groups is 1. The molecular weight excluding hydrogens is 354 g/mol. The fourth-order valence-corrected chi connectivity index (χ4v) is 2.37. The van der Waals surface area contributed by atoms with Gasteiger partial charge >= 0.3 is 5.97 Å². The highest BCUT2D eigenvalue weighted by molar-refractivity contribution is 7.98. The number of amidine groups is 1. The number of nitrogens with zero attached hydrogens (tertiary/aromatic N) is 2. The second kappa shape index (κ2) is 7.80. The first kappa shape index (κ1) is 17.8. The highest BCUT2D eigenvalue weighted by atomic mass is 35.5. The minimum absolute atomic E-state index is 0.0794. The van der Waals surface area contributed by atoms with E-state index in [4.69, 9.17) is 22.2 Å². The lowest BCUT2D eigenvalue weighted by atomic mass is 10.2. The van der Waals surface area contributed by atoms with Gasteiger partial charge in [0.25, 0.3) is 5.69 Å². The smallest absolute Gasteiger partial charge is 0.367 e. The van der Waals surface area contributed by atoms with Crippen molar-refractivity contribution in [3.63, 3.8) is 0 Å². The molecule has 0 amide bonds. The average molecular weight is 366 g/mol. The Morgan fingerprint density at radius 1 is 1.29 bits per heavy atom. The van der Waals surface area contributed by atoms with E-state index in [1.165, 1.54) is 36.0 Å². The van der Waals surface area contributed by atoms with Gasteiger partial charge in [0.15, 0.2) is 5.84 Å². The number of carbonyl (C=O) groups is 1. The summed E-state index contributed by atoms with van der Waals surface area (Å²) in [7, 11) is 0. The lowest BCUT2D eigenvalue weighted by Crippen LogP contribution is -2.15. The van der Waals surface area contributed by atoms with E-state index in [9.17, 15) is 14.9 Å². The molecule has 9 heteroatoms. The van der Waals surface area contributed by atoms with Crippen LogP contribution in [-0.2, 0) is 4.84 Å².